The first-order chi connectivity index (χ1) is 9.38. The molecule has 2 N–H and O–H groups in total. The predicted molar refractivity (Wildman–Crippen MR) is 75.9 cm³/mol. The van der Waals surface area contributed by atoms with Crippen LogP contribution in [-0.2, 0) is 0 Å². The number of rotatable bonds is 2. The molecule has 4 heteroatoms. The first kappa shape index (κ1) is 13.9. The van der Waals surface area contributed by atoms with Crippen molar-refractivity contribution in [1.29, 1.82) is 0 Å². The highest BCUT2D eigenvalue weighted by Gasteiger charge is 2.15. The molecule has 2 aromatic rings. The summed E-state index contributed by atoms with van der Waals surface area (Å²) in [4.78, 5) is 11.4. The average molecular weight is 269 g/mol. The van der Waals surface area contributed by atoms with Gasteiger partial charge in [-0.05, 0) is 38.1 Å². The third-order valence-corrected chi connectivity index (χ3v) is 2.63. The van der Waals surface area contributed by atoms with Crippen LogP contribution >= 0.6 is 0 Å². The Morgan fingerprint density at radius 3 is 2.40 bits per heavy atom. The first-order valence-electron chi connectivity index (χ1n) is 6.14. The van der Waals surface area contributed by atoms with Gasteiger partial charge in [0.05, 0.1) is 11.3 Å². The van der Waals surface area contributed by atoms with Gasteiger partial charge in [-0.25, -0.2) is 4.79 Å². The van der Waals surface area contributed by atoms with Gasteiger partial charge < -0.3 is 14.8 Å². The smallest absolute Gasteiger partial charge is 0.337 e. The van der Waals surface area contributed by atoms with E-state index in [-0.39, 0.29) is 5.56 Å². The minimum atomic E-state index is -1.13. The van der Waals surface area contributed by atoms with Gasteiger partial charge in [0.1, 0.15) is 5.60 Å². The van der Waals surface area contributed by atoms with Gasteiger partial charge >= 0.3 is 5.97 Å². The van der Waals surface area contributed by atoms with Crippen molar-refractivity contribution < 1.29 is 15.0 Å². The average Bonchev–Trinajstić information content (AvgIpc) is 2.88. The summed E-state index contributed by atoms with van der Waals surface area (Å²) in [6, 6.07) is 8.54. The van der Waals surface area contributed by atoms with Crippen molar-refractivity contribution in [3.05, 3.63) is 53.9 Å². The van der Waals surface area contributed by atoms with Crippen LogP contribution in [0.3, 0.4) is 0 Å². The van der Waals surface area contributed by atoms with Crippen molar-refractivity contribution in [1.82, 2.24) is 4.57 Å². The normalized spacial score (nSPS) is 10.8. The lowest BCUT2D eigenvalue weighted by Gasteiger charge is -2.11. The molecule has 0 unspecified atom stereocenters. The molecule has 1 aromatic carbocycles. The van der Waals surface area contributed by atoms with Gasteiger partial charge in [0, 0.05) is 18.0 Å². The Bertz CT molecular complexity index is 683. The van der Waals surface area contributed by atoms with Gasteiger partial charge in [-0.1, -0.05) is 17.9 Å². The van der Waals surface area contributed by atoms with Gasteiger partial charge in [-0.3, -0.25) is 0 Å². The van der Waals surface area contributed by atoms with Gasteiger partial charge in [0.15, 0.2) is 0 Å². The van der Waals surface area contributed by atoms with E-state index in [4.69, 9.17) is 0 Å². The minimum absolute atomic E-state index is 0.170. The predicted octanol–water partition coefficient (Wildman–Crippen LogP) is 2.30. The highest BCUT2D eigenvalue weighted by atomic mass is 16.4. The maximum atomic E-state index is 11.4. The molecule has 0 fully saturated rings. The molecule has 0 aliphatic carbocycles. The molecule has 0 saturated heterocycles. The molecule has 1 aromatic heterocycles. The number of carboxylic acids is 1. The summed E-state index contributed by atoms with van der Waals surface area (Å²) in [6.07, 6.45) is 3.52. The number of nitrogens with zero attached hydrogens (tertiary/aromatic N) is 1. The van der Waals surface area contributed by atoms with Gasteiger partial charge in [0.2, 0.25) is 0 Å². The van der Waals surface area contributed by atoms with E-state index in [0.29, 0.717) is 11.3 Å². The summed E-state index contributed by atoms with van der Waals surface area (Å²) < 4.78 is 1.71. The molecular formula is C16H15NO3. The molecule has 0 radical (unpaired) electrons. The van der Waals surface area contributed by atoms with Gasteiger partial charge in [0.25, 0.3) is 0 Å². The monoisotopic (exact) mass is 269 g/mol. The summed E-state index contributed by atoms with van der Waals surface area (Å²) in [5.74, 6) is 4.55. The van der Waals surface area contributed by atoms with Crippen molar-refractivity contribution in [2.75, 3.05) is 0 Å². The van der Waals surface area contributed by atoms with Crippen LogP contribution in [0.5, 0.6) is 0 Å². The molecular weight excluding hydrogens is 254 g/mol. The summed E-state index contributed by atoms with van der Waals surface area (Å²) in [6.45, 7) is 3.16. The molecule has 4 nitrogen and oxygen atoms in total. The number of aromatic carboxylic acids is 1. The fourth-order valence-corrected chi connectivity index (χ4v) is 1.80. The van der Waals surface area contributed by atoms with Crippen LogP contribution in [0.2, 0.25) is 0 Å². The number of aliphatic hydroxyl groups is 1. The lowest BCUT2D eigenvalue weighted by atomic mass is 10.0. The largest absolute Gasteiger partial charge is 0.478 e. The summed E-state index contributed by atoms with van der Waals surface area (Å²) in [5.41, 5.74) is 0.0985. The van der Waals surface area contributed by atoms with Crippen molar-refractivity contribution in [3.63, 3.8) is 0 Å². The summed E-state index contributed by atoms with van der Waals surface area (Å²) in [7, 11) is 0. The van der Waals surface area contributed by atoms with Crippen molar-refractivity contribution in [2.24, 2.45) is 0 Å². The standard InChI is InChI=1S/C16H15NO3/c1-16(2,20)9-8-12-6-5-7-13(15(18)19)14(12)17-10-3-4-11-17/h3-7,10-11,20H,1-2H3,(H,18,19). The minimum Gasteiger partial charge on any atom is -0.478 e. The molecule has 0 atom stereocenters. The highest BCUT2D eigenvalue weighted by molar-refractivity contribution is 5.93. The van der Waals surface area contributed by atoms with E-state index in [1.807, 2.05) is 12.1 Å². The van der Waals surface area contributed by atoms with E-state index in [9.17, 15) is 15.0 Å². The van der Waals surface area contributed by atoms with Crippen LogP contribution in [0.15, 0.2) is 42.7 Å². The Kier molecular flexibility index (Phi) is 3.64. The lowest BCUT2D eigenvalue weighted by Crippen LogP contribution is -2.14. The van der Waals surface area contributed by atoms with Gasteiger partial charge in [-0.2, -0.15) is 0 Å². The second-order valence-electron chi connectivity index (χ2n) is 4.91. The van der Waals surface area contributed by atoms with E-state index in [0.717, 1.165) is 0 Å². The van der Waals surface area contributed by atoms with Crippen molar-refractivity contribution in [2.45, 2.75) is 19.4 Å². The zero-order valence-electron chi connectivity index (χ0n) is 11.3. The third kappa shape index (κ3) is 3.08. The number of benzene rings is 1. The lowest BCUT2D eigenvalue weighted by molar-refractivity contribution is 0.0697. The SMILES string of the molecule is CC(C)(O)C#Cc1cccc(C(=O)O)c1-n1cccc1. The van der Waals surface area contributed by atoms with E-state index < -0.39 is 11.6 Å². The molecule has 102 valence electrons. The van der Waals surface area contributed by atoms with Crippen LogP contribution in [0.25, 0.3) is 5.69 Å². The first-order valence-corrected chi connectivity index (χ1v) is 6.14. The molecule has 1 heterocycles. The molecule has 0 amide bonds. The van der Waals surface area contributed by atoms with Crippen molar-refractivity contribution >= 4 is 5.97 Å². The summed E-state index contributed by atoms with van der Waals surface area (Å²) >= 11 is 0. The van der Waals surface area contributed by atoms with E-state index >= 15 is 0 Å². The molecule has 0 saturated carbocycles. The van der Waals surface area contributed by atoms with E-state index in [1.54, 1.807) is 42.9 Å². The number of carboxylic acid groups (broad SMARTS) is 1. The zero-order valence-corrected chi connectivity index (χ0v) is 11.3. The number of hydrogen-bond donors (Lipinski definition) is 2. The molecule has 20 heavy (non-hydrogen) atoms. The van der Waals surface area contributed by atoms with Crippen LogP contribution in [0.4, 0.5) is 0 Å². The maximum absolute atomic E-state index is 11.4. The molecule has 0 bridgehead atoms. The van der Waals surface area contributed by atoms with E-state index in [2.05, 4.69) is 11.8 Å². The Hall–Kier alpha value is -2.51. The fraction of sp³-hybridized carbons (Fsp3) is 0.188. The molecule has 0 spiro atoms. The maximum Gasteiger partial charge on any atom is 0.337 e. The fourth-order valence-electron chi connectivity index (χ4n) is 1.80. The quantitative estimate of drug-likeness (QED) is 0.822. The number of carbonyl (C=O) groups is 1. The van der Waals surface area contributed by atoms with Crippen molar-refractivity contribution in [3.8, 4) is 17.5 Å². The summed E-state index contributed by atoms with van der Waals surface area (Å²) in [5, 5.41) is 19.0. The number of hydrogen-bond acceptors (Lipinski definition) is 2. The second kappa shape index (κ2) is 5.24. The second-order valence-corrected chi connectivity index (χ2v) is 4.91. The Morgan fingerprint density at radius 2 is 1.85 bits per heavy atom. The van der Waals surface area contributed by atoms with Crippen LogP contribution in [-0.4, -0.2) is 26.4 Å². The third-order valence-electron chi connectivity index (χ3n) is 2.63. The molecule has 0 aliphatic heterocycles. The van der Waals surface area contributed by atoms with Crippen LogP contribution in [0.1, 0.15) is 29.8 Å². The Morgan fingerprint density at radius 1 is 1.20 bits per heavy atom. The molecule has 2 rings (SSSR count). The van der Waals surface area contributed by atoms with E-state index in [1.165, 1.54) is 6.07 Å². The topological polar surface area (TPSA) is 62.5 Å². The highest BCUT2D eigenvalue weighted by Crippen LogP contribution is 2.20. The number of aromatic nitrogens is 1. The van der Waals surface area contributed by atoms with Crippen LogP contribution < -0.4 is 0 Å². The van der Waals surface area contributed by atoms with Gasteiger partial charge in [-0.15, -0.1) is 0 Å². The Balaban J connectivity index is 2.66. The number of para-hydroxylation sites is 1. The molecule has 0 aliphatic rings. The van der Waals surface area contributed by atoms with Crippen LogP contribution in [0, 0.1) is 11.8 Å². The zero-order chi connectivity index (χ0) is 14.8. The Labute approximate surface area is 117 Å².